The van der Waals surface area contributed by atoms with Crippen LogP contribution in [0.3, 0.4) is 0 Å². The number of hydrogen-bond acceptors (Lipinski definition) is 7. The zero-order chi connectivity index (χ0) is 24.2. The largest absolute Gasteiger partial charge is 0.465 e. The molecule has 10 heteroatoms. The van der Waals surface area contributed by atoms with Gasteiger partial charge in [0.1, 0.15) is 0 Å². The summed E-state index contributed by atoms with van der Waals surface area (Å²) in [6.07, 6.45) is 0.991. The Bertz CT molecular complexity index is 1160. The summed E-state index contributed by atoms with van der Waals surface area (Å²) >= 11 is 0. The van der Waals surface area contributed by atoms with Crippen molar-refractivity contribution in [2.75, 3.05) is 32.6 Å². The molecule has 0 bridgehead atoms. The van der Waals surface area contributed by atoms with Crippen molar-refractivity contribution in [3.63, 3.8) is 0 Å². The molecule has 1 aliphatic rings. The molecular weight excluding hydrogens is 448 g/mol. The van der Waals surface area contributed by atoms with Crippen molar-refractivity contribution in [1.29, 1.82) is 0 Å². The second-order valence-corrected chi connectivity index (χ2v) is 9.69. The summed E-state index contributed by atoms with van der Waals surface area (Å²) in [6.45, 7) is 2.19. The Morgan fingerprint density at radius 2 is 1.67 bits per heavy atom. The molecule has 2 aromatic carbocycles. The predicted octanol–water partition coefficient (Wildman–Crippen LogP) is 2.61. The Balaban J connectivity index is 1.82. The van der Waals surface area contributed by atoms with Crippen LogP contribution in [0.25, 0.3) is 0 Å². The highest BCUT2D eigenvalue weighted by molar-refractivity contribution is 7.89. The van der Waals surface area contributed by atoms with Crippen molar-refractivity contribution in [3.8, 4) is 0 Å². The fourth-order valence-corrected chi connectivity index (χ4v) is 5.17. The summed E-state index contributed by atoms with van der Waals surface area (Å²) in [5, 5.41) is 2.67. The number of rotatable bonds is 6. The molecule has 1 N–H and O–H groups in total. The van der Waals surface area contributed by atoms with Crippen LogP contribution in [0.2, 0.25) is 0 Å². The molecule has 0 aliphatic carbocycles. The number of nitrogens with zero attached hydrogens (tertiary/aromatic N) is 1. The number of carbonyl (C=O) groups is 3. The van der Waals surface area contributed by atoms with Crippen molar-refractivity contribution in [3.05, 3.63) is 59.2 Å². The van der Waals surface area contributed by atoms with Crippen LogP contribution in [0.1, 0.15) is 39.1 Å². The normalized spacial score (nSPS) is 16.6. The van der Waals surface area contributed by atoms with Crippen LogP contribution in [0.4, 0.5) is 5.69 Å². The van der Waals surface area contributed by atoms with E-state index >= 15 is 0 Å². The lowest BCUT2D eigenvalue weighted by Gasteiger charge is -2.31. The van der Waals surface area contributed by atoms with E-state index in [1.165, 1.54) is 36.7 Å². The Kier molecular flexibility index (Phi) is 7.50. The third-order valence-corrected chi connectivity index (χ3v) is 7.40. The minimum Gasteiger partial charge on any atom is -0.465 e. The molecule has 9 nitrogen and oxygen atoms in total. The Hall–Kier alpha value is -3.24. The lowest BCUT2D eigenvalue weighted by Crippen LogP contribution is -2.43. The number of anilines is 1. The highest BCUT2D eigenvalue weighted by atomic mass is 32.2. The predicted molar refractivity (Wildman–Crippen MR) is 120 cm³/mol. The molecule has 0 aromatic heterocycles. The lowest BCUT2D eigenvalue weighted by atomic mass is 9.98. The highest BCUT2D eigenvalue weighted by Crippen LogP contribution is 2.26. The Morgan fingerprint density at radius 1 is 1.00 bits per heavy atom. The van der Waals surface area contributed by atoms with Crippen molar-refractivity contribution in [2.24, 2.45) is 5.92 Å². The summed E-state index contributed by atoms with van der Waals surface area (Å²) < 4.78 is 36.8. The van der Waals surface area contributed by atoms with Crippen LogP contribution in [-0.4, -0.2) is 57.9 Å². The van der Waals surface area contributed by atoms with Crippen LogP contribution < -0.4 is 5.32 Å². The van der Waals surface area contributed by atoms with Gasteiger partial charge in [0.2, 0.25) is 15.9 Å². The molecule has 33 heavy (non-hydrogen) atoms. The average Bonchev–Trinajstić information content (AvgIpc) is 2.83. The van der Waals surface area contributed by atoms with E-state index in [0.717, 1.165) is 5.56 Å². The Morgan fingerprint density at radius 3 is 2.30 bits per heavy atom. The van der Waals surface area contributed by atoms with E-state index in [1.807, 2.05) is 6.92 Å². The lowest BCUT2D eigenvalue weighted by molar-refractivity contribution is -0.120. The van der Waals surface area contributed by atoms with Gasteiger partial charge in [-0.05, 0) is 50.1 Å². The monoisotopic (exact) mass is 474 g/mol. The van der Waals surface area contributed by atoms with Crippen molar-refractivity contribution in [2.45, 2.75) is 24.7 Å². The number of nitrogens with one attached hydrogen (secondary N) is 1. The van der Waals surface area contributed by atoms with Crippen LogP contribution >= 0.6 is 0 Å². The molecule has 1 aliphatic heterocycles. The summed E-state index contributed by atoms with van der Waals surface area (Å²) in [4.78, 5) is 37.2. The number of hydrogen-bond donors (Lipinski definition) is 1. The summed E-state index contributed by atoms with van der Waals surface area (Å²) in [5.41, 5.74) is 1.25. The second-order valence-electron chi connectivity index (χ2n) is 7.75. The third kappa shape index (κ3) is 5.40. The van der Waals surface area contributed by atoms with Crippen molar-refractivity contribution >= 4 is 33.6 Å². The number of sulfonamides is 1. The number of amides is 1. The first-order valence-corrected chi connectivity index (χ1v) is 11.8. The van der Waals surface area contributed by atoms with Gasteiger partial charge in [-0.1, -0.05) is 17.7 Å². The van der Waals surface area contributed by atoms with Gasteiger partial charge in [0, 0.05) is 13.1 Å². The molecule has 0 spiro atoms. The molecule has 1 unspecified atom stereocenters. The van der Waals surface area contributed by atoms with Gasteiger partial charge in [0.25, 0.3) is 0 Å². The van der Waals surface area contributed by atoms with E-state index in [2.05, 4.69) is 5.32 Å². The van der Waals surface area contributed by atoms with Crippen molar-refractivity contribution in [1.82, 2.24) is 4.31 Å². The van der Waals surface area contributed by atoms with E-state index in [0.29, 0.717) is 19.4 Å². The zero-order valence-corrected chi connectivity index (χ0v) is 19.5. The standard InChI is InChI=1S/C23H26N2O7S/c1-15-6-9-18(10-7-15)33(29,30)25-12-4-5-17(14-25)21(26)24-20-13-16(22(27)31-2)8-11-19(20)23(28)32-3/h6-11,13,17H,4-5,12,14H2,1-3H3,(H,24,26). The first-order valence-electron chi connectivity index (χ1n) is 10.4. The van der Waals surface area contributed by atoms with Crippen LogP contribution in [0, 0.1) is 12.8 Å². The molecular formula is C23H26N2O7S. The first kappa shape index (κ1) is 24.4. The second kappa shape index (κ2) is 10.1. The summed E-state index contributed by atoms with van der Waals surface area (Å²) in [5.74, 6) is -2.40. The zero-order valence-electron chi connectivity index (χ0n) is 18.7. The maximum Gasteiger partial charge on any atom is 0.339 e. The number of ether oxygens (including phenoxy) is 2. The number of esters is 2. The fraction of sp³-hybridized carbons (Fsp3) is 0.348. The van der Waals surface area contributed by atoms with E-state index in [9.17, 15) is 22.8 Å². The number of benzene rings is 2. The molecule has 0 saturated carbocycles. The van der Waals surface area contributed by atoms with E-state index in [1.54, 1.807) is 24.3 Å². The van der Waals surface area contributed by atoms with Gasteiger partial charge in [-0.15, -0.1) is 0 Å². The fourth-order valence-electron chi connectivity index (χ4n) is 3.65. The van der Waals surface area contributed by atoms with E-state index in [4.69, 9.17) is 9.47 Å². The van der Waals surface area contributed by atoms with Gasteiger partial charge in [-0.2, -0.15) is 4.31 Å². The molecule has 0 radical (unpaired) electrons. The average molecular weight is 475 g/mol. The first-order chi connectivity index (χ1) is 15.7. The number of carbonyl (C=O) groups excluding carboxylic acids is 3. The van der Waals surface area contributed by atoms with Gasteiger partial charge in [0.05, 0.1) is 41.8 Å². The molecule has 176 valence electrons. The van der Waals surface area contributed by atoms with E-state index < -0.39 is 33.8 Å². The molecule has 1 saturated heterocycles. The smallest absolute Gasteiger partial charge is 0.339 e. The number of piperidine rings is 1. The molecule has 1 amide bonds. The van der Waals surface area contributed by atoms with Gasteiger partial charge < -0.3 is 14.8 Å². The molecule has 2 aromatic rings. The molecule has 1 atom stereocenters. The van der Waals surface area contributed by atoms with Gasteiger partial charge in [-0.3, -0.25) is 4.79 Å². The highest BCUT2D eigenvalue weighted by Gasteiger charge is 2.33. The third-order valence-electron chi connectivity index (χ3n) is 5.52. The quantitative estimate of drug-likeness (QED) is 0.639. The maximum atomic E-state index is 13.0. The van der Waals surface area contributed by atoms with Gasteiger partial charge >= 0.3 is 11.9 Å². The van der Waals surface area contributed by atoms with Crippen LogP contribution in [0.15, 0.2) is 47.4 Å². The van der Waals surface area contributed by atoms with Gasteiger partial charge in [-0.25, -0.2) is 18.0 Å². The Labute approximate surface area is 192 Å². The minimum absolute atomic E-state index is 0.00624. The summed E-state index contributed by atoms with van der Waals surface area (Å²) in [7, 11) is -1.32. The number of methoxy groups -OCH3 is 2. The number of aryl methyl sites for hydroxylation is 1. The van der Waals surface area contributed by atoms with E-state index in [-0.39, 0.29) is 28.3 Å². The van der Waals surface area contributed by atoms with Crippen molar-refractivity contribution < 1.29 is 32.3 Å². The maximum absolute atomic E-state index is 13.0. The van der Waals surface area contributed by atoms with Crippen LogP contribution in [-0.2, 0) is 24.3 Å². The van der Waals surface area contributed by atoms with Gasteiger partial charge in [0.15, 0.2) is 0 Å². The molecule has 1 fully saturated rings. The molecule has 1 heterocycles. The summed E-state index contributed by atoms with van der Waals surface area (Å²) in [6, 6.07) is 10.6. The topological polar surface area (TPSA) is 119 Å². The molecule has 3 rings (SSSR count). The van der Waals surface area contributed by atoms with Crippen LogP contribution in [0.5, 0.6) is 0 Å². The minimum atomic E-state index is -3.75. The SMILES string of the molecule is COC(=O)c1ccc(C(=O)OC)c(NC(=O)C2CCCN(S(=O)(=O)c3ccc(C)cc3)C2)c1.